The van der Waals surface area contributed by atoms with E-state index in [-0.39, 0.29) is 41.8 Å². The first kappa shape index (κ1) is 48.7. The lowest BCUT2D eigenvalue weighted by atomic mass is 10.1. The Balaban J connectivity index is 0.000000230. The summed E-state index contributed by atoms with van der Waals surface area (Å²) in [5, 5.41) is 3.44. The number of hydrogen-bond acceptors (Lipinski definition) is 16. The molecule has 0 radical (unpaired) electrons. The summed E-state index contributed by atoms with van der Waals surface area (Å²) in [6.07, 6.45) is 4.55. The number of ether oxygens (including phenoxy) is 6. The van der Waals surface area contributed by atoms with E-state index < -0.39 is 0 Å². The van der Waals surface area contributed by atoms with E-state index in [0.29, 0.717) is 80.9 Å². The number of rotatable bonds is 10. The Hall–Kier alpha value is -4.95. The maximum absolute atomic E-state index is 12.0. The predicted octanol–water partition coefficient (Wildman–Crippen LogP) is 8.34. The highest BCUT2D eigenvalue weighted by atomic mass is 79.9. The number of nitrogens with zero attached hydrogens (tertiary/aromatic N) is 8. The van der Waals surface area contributed by atoms with E-state index in [9.17, 15) is 9.59 Å². The van der Waals surface area contributed by atoms with Crippen LogP contribution in [0.15, 0.2) is 46.1 Å². The normalized spacial score (nSPS) is 14.2. The SMILES string of the molecule is COc1c(Cl)ncnc1OC1CCN(C(=O)OC(C)C)CC1.COc1c(Nc2ccc(Br)nc2C)ncnc1OC1CCN(C(=O)OC(C)C)CC1.Cc1nc(Br)ccc1N. The van der Waals surface area contributed by atoms with Gasteiger partial charge < -0.3 is 49.3 Å². The van der Waals surface area contributed by atoms with Crippen LogP contribution in [0.5, 0.6) is 23.3 Å². The van der Waals surface area contributed by atoms with Crippen LogP contribution in [0, 0.1) is 13.8 Å². The van der Waals surface area contributed by atoms with E-state index in [1.807, 2.05) is 65.8 Å². The molecule has 4 aromatic heterocycles. The van der Waals surface area contributed by atoms with Crippen LogP contribution in [0.2, 0.25) is 5.15 Å². The molecule has 0 aromatic carbocycles. The highest BCUT2D eigenvalue weighted by Crippen LogP contribution is 2.36. The Kier molecular flexibility index (Phi) is 19.1. The van der Waals surface area contributed by atoms with Crippen molar-refractivity contribution < 1.29 is 38.0 Å². The Labute approximate surface area is 377 Å². The third kappa shape index (κ3) is 15.2. The van der Waals surface area contributed by atoms with Gasteiger partial charge in [0.2, 0.25) is 11.5 Å². The van der Waals surface area contributed by atoms with Crippen LogP contribution in [0.3, 0.4) is 0 Å². The third-order valence-corrected chi connectivity index (χ3v) is 10.1. The van der Waals surface area contributed by atoms with Gasteiger partial charge in [0.15, 0.2) is 11.0 Å². The second kappa shape index (κ2) is 23.9. The number of piperidine rings is 2. The van der Waals surface area contributed by atoms with Crippen molar-refractivity contribution in [1.82, 2.24) is 39.7 Å². The molecule has 2 aliphatic rings. The number of carbonyl (C=O) groups excluding carboxylic acids is 2. The molecule has 4 aromatic rings. The zero-order valence-electron chi connectivity index (χ0n) is 35.5. The largest absolute Gasteiger partial charge is 0.489 e. The van der Waals surface area contributed by atoms with Gasteiger partial charge in [-0.15, -0.1) is 0 Å². The quantitative estimate of drug-likeness (QED) is 0.113. The van der Waals surface area contributed by atoms with Gasteiger partial charge in [0.1, 0.15) is 34.1 Å². The number of nitrogens with one attached hydrogen (secondary N) is 1. The molecule has 332 valence electrons. The van der Waals surface area contributed by atoms with E-state index >= 15 is 0 Å². The maximum Gasteiger partial charge on any atom is 0.410 e. The molecular formula is C40H53Br2ClN10O8. The number of amides is 2. The summed E-state index contributed by atoms with van der Waals surface area (Å²) in [5.41, 5.74) is 8.72. The highest BCUT2D eigenvalue weighted by Gasteiger charge is 2.28. The molecule has 2 saturated heterocycles. The number of anilines is 3. The summed E-state index contributed by atoms with van der Waals surface area (Å²) in [7, 11) is 3.04. The summed E-state index contributed by atoms with van der Waals surface area (Å²) < 4.78 is 34.6. The van der Waals surface area contributed by atoms with Crippen molar-refractivity contribution >= 4 is 72.8 Å². The van der Waals surface area contributed by atoms with Gasteiger partial charge in [-0.1, -0.05) is 11.6 Å². The number of likely N-dealkylation sites (tertiary alicyclic amines) is 2. The molecule has 18 nitrogen and oxygen atoms in total. The van der Waals surface area contributed by atoms with Crippen molar-refractivity contribution in [2.24, 2.45) is 0 Å². The van der Waals surface area contributed by atoms with E-state index in [1.165, 1.54) is 19.8 Å². The molecule has 0 saturated carbocycles. The van der Waals surface area contributed by atoms with Gasteiger partial charge in [-0.05, 0) is 97.7 Å². The zero-order chi connectivity index (χ0) is 44.6. The Bertz CT molecular complexity index is 2060. The number of pyridine rings is 2. The van der Waals surface area contributed by atoms with Crippen molar-refractivity contribution in [3.05, 3.63) is 62.7 Å². The number of aryl methyl sites for hydroxylation is 2. The molecule has 0 bridgehead atoms. The summed E-state index contributed by atoms with van der Waals surface area (Å²) in [6, 6.07) is 7.40. The first-order valence-electron chi connectivity index (χ1n) is 19.5. The smallest absolute Gasteiger partial charge is 0.410 e. The van der Waals surface area contributed by atoms with Crippen molar-refractivity contribution in [2.45, 2.75) is 91.6 Å². The predicted molar refractivity (Wildman–Crippen MR) is 237 cm³/mol. The number of nitrogens with two attached hydrogens (primary N) is 1. The standard InChI is InChI=1S/C20H26BrN5O4.C14H20ClN3O4.C6H7BrN2/c1-12(2)29-20(27)26-9-7-14(8-10-26)30-19-17(28-4)18(22-11-23-19)25-15-5-6-16(21)24-13(15)3;1-9(2)21-14(19)18-6-4-10(5-7-18)22-13-11(20-3)12(15)16-8-17-13;1-4-5(8)2-3-6(7)9-4/h5-6,11-12,14H,7-10H2,1-4H3,(H,22,23,25);8-10H,4-7H2,1-3H3;2-3H,8H2,1H3. The average Bonchev–Trinajstić information content (AvgIpc) is 3.21. The van der Waals surface area contributed by atoms with Crippen molar-refractivity contribution in [3.63, 3.8) is 0 Å². The minimum absolute atomic E-state index is 0.0528. The molecule has 6 rings (SSSR count). The number of aromatic nitrogens is 6. The fourth-order valence-electron chi connectivity index (χ4n) is 5.82. The Morgan fingerprint density at radius 3 is 1.62 bits per heavy atom. The van der Waals surface area contributed by atoms with Crippen molar-refractivity contribution in [3.8, 4) is 23.3 Å². The van der Waals surface area contributed by atoms with Crippen LogP contribution in [0.1, 0.15) is 64.8 Å². The van der Waals surface area contributed by atoms with Crippen LogP contribution < -0.4 is 30.0 Å². The first-order valence-corrected chi connectivity index (χ1v) is 21.5. The van der Waals surface area contributed by atoms with Crippen LogP contribution in [0.25, 0.3) is 0 Å². The van der Waals surface area contributed by atoms with Crippen molar-refractivity contribution in [1.29, 1.82) is 0 Å². The number of hydrogen-bond donors (Lipinski definition) is 2. The summed E-state index contributed by atoms with van der Waals surface area (Å²) in [5.74, 6) is 1.92. The molecule has 3 N–H and O–H groups in total. The number of halogens is 3. The van der Waals surface area contributed by atoms with E-state index in [4.69, 9.17) is 45.8 Å². The van der Waals surface area contributed by atoms with Gasteiger partial charge in [0.05, 0.1) is 49.2 Å². The lowest BCUT2D eigenvalue weighted by Gasteiger charge is -2.31. The maximum atomic E-state index is 12.0. The molecule has 0 unspecified atom stereocenters. The number of carbonyl (C=O) groups is 2. The molecular weight excluding hydrogens is 944 g/mol. The molecule has 0 spiro atoms. The van der Waals surface area contributed by atoms with Crippen LogP contribution >= 0.6 is 43.5 Å². The van der Waals surface area contributed by atoms with Gasteiger partial charge in [0, 0.05) is 51.9 Å². The highest BCUT2D eigenvalue weighted by molar-refractivity contribution is 9.10. The fourth-order valence-corrected chi connectivity index (χ4v) is 6.82. The summed E-state index contributed by atoms with van der Waals surface area (Å²) >= 11 is 12.5. The Morgan fingerprint density at radius 2 is 1.18 bits per heavy atom. The molecule has 6 heterocycles. The van der Waals surface area contributed by atoms with E-state index in [2.05, 4.69) is 67.1 Å². The lowest BCUT2D eigenvalue weighted by molar-refractivity contribution is 0.0491. The van der Waals surface area contributed by atoms with Gasteiger partial charge in [-0.2, -0.15) is 9.97 Å². The molecule has 2 aliphatic heterocycles. The molecule has 2 amide bonds. The molecule has 21 heteroatoms. The van der Waals surface area contributed by atoms with Crippen molar-refractivity contribution in [2.75, 3.05) is 51.4 Å². The molecule has 0 atom stereocenters. The van der Waals surface area contributed by atoms with E-state index in [1.54, 1.807) is 16.9 Å². The van der Waals surface area contributed by atoms with E-state index in [0.717, 1.165) is 32.0 Å². The minimum Gasteiger partial charge on any atom is -0.489 e. The topological polar surface area (TPSA) is 211 Å². The Morgan fingerprint density at radius 1 is 0.721 bits per heavy atom. The molecule has 2 fully saturated rings. The van der Waals surface area contributed by atoms with Gasteiger partial charge in [-0.25, -0.2) is 29.5 Å². The lowest BCUT2D eigenvalue weighted by Crippen LogP contribution is -2.42. The second-order valence-electron chi connectivity index (χ2n) is 14.2. The summed E-state index contributed by atoms with van der Waals surface area (Å²) in [4.78, 5) is 52.1. The van der Waals surface area contributed by atoms with Gasteiger partial charge >= 0.3 is 12.2 Å². The monoisotopic (exact) mass is 994 g/mol. The fraction of sp³-hybridized carbons (Fsp3) is 0.500. The van der Waals surface area contributed by atoms with Gasteiger partial charge in [0.25, 0.3) is 11.8 Å². The average molecular weight is 997 g/mol. The molecule has 61 heavy (non-hydrogen) atoms. The third-order valence-electron chi connectivity index (χ3n) is 8.93. The van der Waals surface area contributed by atoms with Gasteiger partial charge in [-0.3, -0.25) is 0 Å². The minimum atomic E-state index is -0.284. The zero-order valence-corrected chi connectivity index (χ0v) is 39.4. The van der Waals surface area contributed by atoms with Crippen LogP contribution in [-0.4, -0.2) is 117 Å². The first-order chi connectivity index (χ1) is 29.1. The number of nitrogen functional groups attached to an aromatic ring is 1. The summed E-state index contributed by atoms with van der Waals surface area (Å²) in [6.45, 7) is 13.4. The second-order valence-corrected chi connectivity index (χ2v) is 16.2. The van der Waals surface area contributed by atoms with Crippen LogP contribution in [-0.2, 0) is 9.47 Å². The number of methoxy groups -OCH3 is 2. The van der Waals surface area contributed by atoms with Crippen LogP contribution in [0.4, 0.5) is 26.8 Å². The molecule has 0 aliphatic carbocycles.